The number of nitrogens with zero attached hydrogens (tertiary/aromatic N) is 1. The first-order valence-corrected chi connectivity index (χ1v) is 15.6. The lowest BCUT2D eigenvalue weighted by Gasteiger charge is -2.45. The highest BCUT2D eigenvalue weighted by atomic mass is 16.5. The summed E-state index contributed by atoms with van der Waals surface area (Å²) in [6, 6.07) is 36.7. The minimum absolute atomic E-state index is 0.105. The lowest BCUT2D eigenvalue weighted by Crippen LogP contribution is -2.41. The molecule has 0 radical (unpaired) electrons. The van der Waals surface area contributed by atoms with Crippen molar-refractivity contribution in [1.82, 2.24) is 0 Å². The molecule has 1 heterocycles. The molecule has 2 atom stereocenters. The summed E-state index contributed by atoms with van der Waals surface area (Å²) in [5, 5.41) is 0. The van der Waals surface area contributed by atoms with E-state index in [-0.39, 0.29) is 46.2 Å². The van der Waals surface area contributed by atoms with E-state index in [1.54, 1.807) is 42.5 Å². The van der Waals surface area contributed by atoms with Crippen LogP contribution in [0.25, 0.3) is 0 Å². The highest BCUT2D eigenvalue weighted by Crippen LogP contribution is 2.61. The fourth-order valence-electron chi connectivity index (χ4n) is 7.45. The molecule has 9 rings (SSSR count). The number of Topliss-reactive ketones (excluding diaryl/α,β-unsaturated/α-hetero) is 1. The molecule has 1 aliphatic heterocycles. The third-order valence-corrected chi connectivity index (χ3v) is 9.52. The topological polar surface area (TPSA) is 107 Å². The van der Waals surface area contributed by atoms with Crippen LogP contribution in [-0.2, 0) is 14.3 Å². The summed E-state index contributed by atoms with van der Waals surface area (Å²) in [7, 11) is 0. The first kappa shape index (κ1) is 29.3. The SMILES string of the molecule is O=C(COC(=O)c1cccc(N2C(=O)[C@@H]3C4c5ccccc5C(c5ccccc54)[C@@H]3C2=O)c1)c1ccc(OC(=O)c2ccccc2)cc1. The molecule has 2 bridgehead atoms. The van der Waals surface area contributed by atoms with E-state index in [2.05, 4.69) is 0 Å². The van der Waals surface area contributed by atoms with Crippen LogP contribution in [0.3, 0.4) is 0 Å². The summed E-state index contributed by atoms with van der Waals surface area (Å²) in [5.74, 6) is -3.63. The Labute approximate surface area is 275 Å². The van der Waals surface area contributed by atoms with Crippen LogP contribution in [0.2, 0.25) is 0 Å². The third-order valence-electron chi connectivity index (χ3n) is 9.52. The van der Waals surface area contributed by atoms with Crippen molar-refractivity contribution < 1.29 is 33.4 Å². The van der Waals surface area contributed by atoms with Gasteiger partial charge < -0.3 is 9.47 Å². The summed E-state index contributed by atoms with van der Waals surface area (Å²) < 4.78 is 10.7. The monoisotopic (exact) mass is 633 g/mol. The number of ether oxygens (including phenoxy) is 2. The Balaban J connectivity index is 0.967. The maximum Gasteiger partial charge on any atom is 0.343 e. The molecule has 8 nitrogen and oxygen atoms in total. The van der Waals surface area contributed by atoms with E-state index in [0.717, 1.165) is 22.3 Å². The first-order chi connectivity index (χ1) is 23.4. The lowest BCUT2D eigenvalue weighted by molar-refractivity contribution is -0.122. The number of imide groups is 1. The fraction of sp³-hybridized carbons (Fsp3) is 0.125. The van der Waals surface area contributed by atoms with Crippen LogP contribution < -0.4 is 9.64 Å². The van der Waals surface area contributed by atoms with Crippen molar-refractivity contribution in [3.05, 3.63) is 166 Å². The number of rotatable bonds is 7. The number of hydrogen-bond donors (Lipinski definition) is 0. The zero-order valence-corrected chi connectivity index (χ0v) is 25.4. The molecule has 0 saturated carbocycles. The van der Waals surface area contributed by atoms with Crippen molar-refractivity contribution in [2.45, 2.75) is 11.8 Å². The van der Waals surface area contributed by atoms with E-state index in [4.69, 9.17) is 9.47 Å². The molecule has 3 aliphatic carbocycles. The van der Waals surface area contributed by atoms with Gasteiger partial charge in [-0.25, -0.2) is 14.5 Å². The van der Waals surface area contributed by atoms with Crippen molar-refractivity contribution in [3.8, 4) is 5.75 Å². The Morgan fingerprint density at radius 3 is 1.62 bits per heavy atom. The van der Waals surface area contributed by atoms with Gasteiger partial charge in [0.15, 0.2) is 12.4 Å². The summed E-state index contributed by atoms with van der Waals surface area (Å²) >= 11 is 0. The number of benzene rings is 5. The van der Waals surface area contributed by atoms with E-state index >= 15 is 0 Å². The minimum Gasteiger partial charge on any atom is -0.454 e. The second kappa shape index (κ2) is 11.6. The molecule has 234 valence electrons. The van der Waals surface area contributed by atoms with Crippen molar-refractivity contribution in [3.63, 3.8) is 0 Å². The van der Waals surface area contributed by atoms with Gasteiger partial charge in [-0.3, -0.25) is 14.4 Å². The minimum atomic E-state index is -0.769. The Morgan fingerprint density at radius 2 is 1.06 bits per heavy atom. The standard InChI is InChI=1S/C40H27NO7/c42-32(23-17-19-27(20-18-23)48-40(46)24-9-2-1-3-10-24)22-47-39(45)25-11-8-12-26(21-25)41-37(43)35-33-28-13-4-5-14-29(28)34(36(35)38(41)44)31-16-7-6-15-30(31)33/h1-21,33-36H,22H2/t33?,34?,35-,36+. The van der Waals surface area contributed by atoms with Gasteiger partial charge in [0.05, 0.1) is 28.7 Å². The number of carbonyl (C=O) groups is 5. The van der Waals surface area contributed by atoms with E-state index in [1.165, 1.54) is 41.3 Å². The summed E-state index contributed by atoms with van der Waals surface area (Å²) in [4.78, 5) is 67.5. The molecule has 0 aromatic heterocycles. The number of esters is 2. The average Bonchev–Trinajstić information content (AvgIpc) is 3.40. The zero-order chi connectivity index (χ0) is 32.9. The molecule has 48 heavy (non-hydrogen) atoms. The Bertz CT molecular complexity index is 2020. The normalized spacial score (nSPS) is 20.0. The Hall–Kier alpha value is -6.15. The van der Waals surface area contributed by atoms with Gasteiger partial charge in [0, 0.05) is 17.4 Å². The molecule has 5 aromatic carbocycles. The van der Waals surface area contributed by atoms with Gasteiger partial charge in [0.25, 0.3) is 0 Å². The lowest BCUT2D eigenvalue weighted by atomic mass is 9.55. The molecule has 8 heteroatoms. The largest absolute Gasteiger partial charge is 0.454 e. The van der Waals surface area contributed by atoms with Crippen LogP contribution in [0, 0.1) is 11.8 Å². The van der Waals surface area contributed by atoms with Crippen LogP contribution in [0.4, 0.5) is 5.69 Å². The quantitative estimate of drug-likeness (QED) is 0.0891. The average molecular weight is 634 g/mol. The number of anilines is 1. The Morgan fingerprint density at radius 1 is 0.542 bits per heavy atom. The van der Waals surface area contributed by atoms with Gasteiger partial charge >= 0.3 is 11.9 Å². The maximum atomic E-state index is 14.1. The fourth-order valence-corrected chi connectivity index (χ4v) is 7.45. The molecular weight excluding hydrogens is 606 g/mol. The van der Waals surface area contributed by atoms with Gasteiger partial charge in [-0.1, -0.05) is 72.8 Å². The second-order valence-electron chi connectivity index (χ2n) is 12.1. The smallest absolute Gasteiger partial charge is 0.343 e. The summed E-state index contributed by atoms with van der Waals surface area (Å²) in [6.45, 7) is -0.530. The van der Waals surface area contributed by atoms with Gasteiger partial charge in [-0.05, 0) is 76.9 Å². The maximum absolute atomic E-state index is 14.1. The van der Waals surface area contributed by atoms with Gasteiger partial charge in [0.2, 0.25) is 11.8 Å². The van der Waals surface area contributed by atoms with Crippen LogP contribution >= 0.6 is 0 Å². The number of amides is 2. The van der Waals surface area contributed by atoms with Gasteiger partial charge in [0.1, 0.15) is 5.75 Å². The van der Waals surface area contributed by atoms with Crippen molar-refractivity contribution in [2.75, 3.05) is 11.5 Å². The zero-order valence-electron chi connectivity index (χ0n) is 25.4. The van der Waals surface area contributed by atoms with Crippen LogP contribution in [0.1, 0.15) is 65.2 Å². The van der Waals surface area contributed by atoms with Crippen molar-refractivity contribution in [1.29, 1.82) is 0 Å². The Kier molecular flexibility index (Phi) is 7.06. The number of hydrogen-bond acceptors (Lipinski definition) is 7. The predicted octanol–water partition coefficient (Wildman–Crippen LogP) is 6.34. The van der Waals surface area contributed by atoms with E-state index in [9.17, 15) is 24.0 Å². The second-order valence-corrected chi connectivity index (χ2v) is 12.1. The molecule has 1 fully saturated rings. The molecular formula is C40H27NO7. The van der Waals surface area contributed by atoms with E-state index in [1.807, 2.05) is 48.5 Å². The molecule has 2 amide bonds. The van der Waals surface area contributed by atoms with Crippen molar-refractivity contribution in [2.24, 2.45) is 11.8 Å². The molecule has 1 saturated heterocycles. The summed E-state index contributed by atoms with van der Waals surface area (Å²) in [5.41, 5.74) is 5.37. The highest BCUT2D eigenvalue weighted by molar-refractivity contribution is 6.23. The third kappa shape index (κ3) is 4.72. The van der Waals surface area contributed by atoms with Crippen LogP contribution in [0.5, 0.6) is 5.75 Å². The van der Waals surface area contributed by atoms with Crippen molar-refractivity contribution >= 4 is 35.2 Å². The van der Waals surface area contributed by atoms with Crippen LogP contribution in [0.15, 0.2) is 127 Å². The number of ketones is 1. The van der Waals surface area contributed by atoms with Crippen LogP contribution in [-0.4, -0.2) is 36.1 Å². The van der Waals surface area contributed by atoms with Gasteiger partial charge in [-0.15, -0.1) is 0 Å². The molecule has 5 aromatic rings. The predicted molar refractivity (Wildman–Crippen MR) is 175 cm³/mol. The van der Waals surface area contributed by atoms with Gasteiger partial charge in [-0.2, -0.15) is 0 Å². The molecule has 0 unspecified atom stereocenters. The molecule has 0 N–H and O–H groups in total. The highest BCUT2D eigenvalue weighted by Gasteiger charge is 2.61. The van der Waals surface area contributed by atoms with E-state index in [0.29, 0.717) is 5.56 Å². The first-order valence-electron chi connectivity index (χ1n) is 15.6. The van der Waals surface area contributed by atoms with E-state index < -0.39 is 36.2 Å². The molecule has 4 aliphatic rings. The molecule has 0 spiro atoms. The summed E-state index contributed by atoms with van der Waals surface area (Å²) in [6.07, 6.45) is 0. The number of carbonyl (C=O) groups excluding carboxylic acids is 5.